The first-order valence-electron chi connectivity index (χ1n) is 5.19. The molecule has 2 atom stereocenters. The summed E-state index contributed by atoms with van der Waals surface area (Å²) < 4.78 is 5.11. The van der Waals surface area contributed by atoms with Gasteiger partial charge in [0, 0.05) is 18.2 Å². The fourth-order valence-electron chi connectivity index (χ4n) is 1.84. The summed E-state index contributed by atoms with van der Waals surface area (Å²) in [5, 5.41) is 0. The molecule has 1 aliphatic carbocycles. The summed E-state index contributed by atoms with van der Waals surface area (Å²) in [5.74, 6) is 0.321. The highest BCUT2D eigenvalue weighted by Gasteiger charge is 2.26. The monoisotopic (exact) mass is 218 g/mol. The van der Waals surface area contributed by atoms with E-state index in [-0.39, 0.29) is 17.7 Å². The second-order valence-corrected chi connectivity index (χ2v) is 3.81. The molecule has 2 rings (SSSR count). The fraction of sp³-hybridized carbons (Fsp3) is 0.333. The molecule has 0 aromatic carbocycles. The molecule has 4 nitrogen and oxygen atoms in total. The van der Waals surface area contributed by atoms with E-state index in [4.69, 9.17) is 10.5 Å². The number of nitrogens with two attached hydrogens (primary N) is 1. The van der Waals surface area contributed by atoms with E-state index in [2.05, 4.69) is 4.98 Å². The van der Waals surface area contributed by atoms with Crippen LogP contribution < -0.4 is 10.5 Å². The Labute approximate surface area is 94.1 Å². The van der Waals surface area contributed by atoms with Crippen LogP contribution in [0.25, 0.3) is 0 Å². The third-order valence-corrected chi connectivity index (χ3v) is 2.68. The first-order chi connectivity index (χ1) is 7.72. The zero-order valence-corrected chi connectivity index (χ0v) is 9.09. The Morgan fingerprint density at radius 3 is 3.00 bits per heavy atom. The number of Topliss-reactive ketones (excluding diaryl/α,β-unsaturated/α-hetero) is 1. The highest BCUT2D eigenvalue weighted by molar-refractivity contribution is 5.99. The number of methoxy groups -OCH3 is 1. The van der Waals surface area contributed by atoms with Gasteiger partial charge in [-0.1, -0.05) is 12.2 Å². The maximum atomic E-state index is 12.1. The molecule has 2 N–H and O–H groups in total. The summed E-state index contributed by atoms with van der Waals surface area (Å²) in [6.45, 7) is 0. The Balaban J connectivity index is 2.24. The fourth-order valence-corrected chi connectivity index (χ4v) is 1.84. The third kappa shape index (κ3) is 1.97. The molecule has 2 unspecified atom stereocenters. The molecule has 0 saturated carbocycles. The third-order valence-electron chi connectivity index (χ3n) is 2.68. The van der Waals surface area contributed by atoms with E-state index in [1.165, 1.54) is 7.11 Å². The predicted octanol–water partition coefficient (Wildman–Crippen LogP) is 1.18. The van der Waals surface area contributed by atoms with Crippen LogP contribution in [0.2, 0.25) is 0 Å². The van der Waals surface area contributed by atoms with Gasteiger partial charge in [-0.25, -0.2) is 4.98 Å². The van der Waals surface area contributed by atoms with Gasteiger partial charge in [0.2, 0.25) is 0 Å². The molecule has 0 radical (unpaired) electrons. The van der Waals surface area contributed by atoms with Crippen molar-refractivity contribution in [1.82, 2.24) is 4.98 Å². The van der Waals surface area contributed by atoms with Crippen LogP contribution in [0, 0.1) is 5.92 Å². The number of allylic oxidation sites excluding steroid dienone is 1. The number of carbonyl (C=O) groups excluding carboxylic acids is 1. The van der Waals surface area contributed by atoms with Gasteiger partial charge in [-0.3, -0.25) is 4.79 Å². The minimum absolute atomic E-state index is 0.0244. The lowest BCUT2D eigenvalue weighted by Gasteiger charge is -2.10. The molecule has 1 aromatic heterocycles. The summed E-state index contributed by atoms with van der Waals surface area (Å²) in [5.41, 5.74) is 6.10. The summed E-state index contributed by atoms with van der Waals surface area (Å²) in [4.78, 5) is 16.2. The van der Waals surface area contributed by atoms with E-state index >= 15 is 0 Å². The minimum atomic E-state index is -0.168. The topological polar surface area (TPSA) is 65.2 Å². The normalized spacial score (nSPS) is 23.4. The molecule has 16 heavy (non-hydrogen) atoms. The highest BCUT2D eigenvalue weighted by atomic mass is 16.5. The van der Waals surface area contributed by atoms with Crippen molar-refractivity contribution >= 4 is 5.78 Å². The molecule has 1 heterocycles. The van der Waals surface area contributed by atoms with Gasteiger partial charge in [0.15, 0.2) is 5.78 Å². The van der Waals surface area contributed by atoms with Gasteiger partial charge in [0.1, 0.15) is 11.4 Å². The molecule has 0 spiro atoms. The van der Waals surface area contributed by atoms with Crippen molar-refractivity contribution in [3.63, 3.8) is 0 Å². The Morgan fingerprint density at radius 2 is 2.38 bits per heavy atom. The Morgan fingerprint density at radius 1 is 1.56 bits per heavy atom. The molecule has 4 heteroatoms. The highest BCUT2D eigenvalue weighted by Crippen LogP contribution is 2.24. The van der Waals surface area contributed by atoms with Crippen LogP contribution in [0.3, 0.4) is 0 Å². The lowest BCUT2D eigenvalue weighted by molar-refractivity contribution is 0.0934. The quantitative estimate of drug-likeness (QED) is 0.611. The van der Waals surface area contributed by atoms with Gasteiger partial charge in [0.05, 0.1) is 7.11 Å². The zero-order chi connectivity index (χ0) is 11.5. The molecule has 0 aliphatic heterocycles. The number of aromatic nitrogens is 1. The molecule has 0 saturated heterocycles. The van der Waals surface area contributed by atoms with Crippen LogP contribution in [-0.4, -0.2) is 23.9 Å². The summed E-state index contributed by atoms with van der Waals surface area (Å²) in [7, 11) is 1.53. The van der Waals surface area contributed by atoms with Crippen molar-refractivity contribution in [1.29, 1.82) is 0 Å². The Kier molecular flexibility index (Phi) is 3.01. The molecule has 1 aliphatic rings. The van der Waals surface area contributed by atoms with E-state index in [1.54, 1.807) is 18.3 Å². The first kappa shape index (κ1) is 10.8. The van der Waals surface area contributed by atoms with Crippen molar-refractivity contribution < 1.29 is 9.53 Å². The Bertz CT molecular complexity index is 429. The molecule has 0 fully saturated rings. The van der Waals surface area contributed by atoms with Gasteiger partial charge in [-0.2, -0.15) is 0 Å². The SMILES string of the molecule is COc1cccnc1C(=O)C1C=CC(N)C1. The van der Waals surface area contributed by atoms with E-state index in [1.807, 2.05) is 12.2 Å². The number of ketones is 1. The second kappa shape index (κ2) is 4.45. The van der Waals surface area contributed by atoms with Crippen LogP contribution in [0.15, 0.2) is 30.5 Å². The number of pyridine rings is 1. The van der Waals surface area contributed by atoms with Gasteiger partial charge in [-0.05, 0) is 18.6 Å². The summed E-state index contributed by atoms with van der Waals surface area (Å²) in [6.07, 6.45) is 5.95. The van der Waals surface area contributed by atoms with Crippen LogP contribution in [0.4, 0.5) is 0 Å². The molecular formula is C12H14N2O2. The van der Waals surface area contributed by atoms with Crippen LogP contribution in [-0.2, 0) is 0 Å². The number of carbonyl (C=O) groups is 1. The second-order valence-electron chi connectivity index (χ2n) is 3.81. The number of hydrogen-bond acceptors (Lipinski definition) is 4. The maximum absolute atomic E-state index is 12.1. The number of hydrogen-bond donors (Lipinski definition) is 1. The van der Waals surface area contributed by atoms with Crippen molar-refractivity contribution in [3.8, 4) is 5.75 Å². The molecule has 1 aromatic rings. The number of rotatable bonds is 3. The van der Waals surface area contributed by atoms with Gasteiger partial charge in [-0.15, -0.1) is 0 Å². The molecule has 0 amide bonds. The average molecular weight is 218 g/mol. The smallest absolute Gasteiger partial charge is 0.191 e. The Hall–Kier alpha value is -1.68. The van der Waals surface area contributed by atoms with E-state index in [0.29, 0.717) is 17.9 Å². The van der Waals surface area contributed by atoms with Gasteiger partial charge >= 0.3 is 0 Å². The van der Waals surface area contributed by atoms with Crippen molar-refractivity contribution in [3.05, 3.63) is 36.2 Å². The van der Waals surface area contributed by atoms with Crippen molar-refractivity contribution in [2.24, 2.45) is 11.7 Å². The number of ether oxygens (including phenoxy) is 1. The molecule has 0 bridgehead atoms. The van der Waals surface area contributed by atoms with Crippen LogP contribution >= 0.6 is 0 Å². The van der Waals surface area contributed by atoms with Crippen molar-refractivity contribution in [2.75, 3.05) is 7.11 Å². The van der Waals surface area contributed by atoms with E-state index in [0.717, 1.165) is 0 Å². The maximum Gasteiger partial charge on any atom is 0.191 e. The summed E-state index contributed by atoms with van der Waals surface area (Å²) in [6, 6.07) is 3.45. The first-order valence-corrected chi connectivity index (χ1v) is 5.19. The van der Waals surface area contributed by atoms with E-state index in [9.17, 15) is 4.79 Å². The minimum Gasteiger partial charge on any atom is -0.494 e. The van der Waals surface area contributed by atoms with E-state index < -0.39 is 0 Å². The van der Waals surface area contributed by atoms with Crippen LogP contribution in [0.5, 0.6) is 5.75 Å². The number of nitrogens with zero attached hydrogens (tertiary/aromatic N) is 1. The zero-order valence-electron chi connectivity index (χ0n) is 9.09. The lowest BCUT2D eigenvalue weighted by atomic mass is 9.99. The lowest BCUT2D eigenvalue weighted by Crippen LogP contribution is -2.20. The molecular weight excluding hydrogens is 204 g/mol. The van der Waals surface area contributed by atoms with Crippen molar-refractivity contribution in [2.45, 2.75) is 12.5 Å². The van der Waals surface area contributed by atoms with Gasteiger partial charge < -0.3 is 10.5 Å². The largest absolute Gasteiger partial charge is 0.494 e. The average Bonchev–Trinajstić information content (AvgIpc) is 2.75. The van der Waals surface area contributed by atoms with Gasteiger partial charge in [0.25, 0.3) is 0 Å². The van der Waals surface area contributed by atoms with Crippen LogP contribution in [0.1, 0.15) is 16.9 Å². The standard InChI is InChI=1S/C12H14N2O2/c1-16-10-3-2-6-14-11(10)12(15)8-4-5-9(13)7-8/h2-6,8-9H,7,13H2,1H3. The predicted molar refractivity (Wildman–Crippen MR) is 60.3 cm³/mol. The summed E-state index contributed by atoms with van der Waals surface area (Å²) >= 11 is 0. The molecule has 84 valence electrons.